The molecule has 0 bridgehead atoms. The smallest absolute Gasteiger partial charge is 0.308 e. The highest BCUT2D eigenvalue weighted by atomic mass is 32.1. The van der Waals surface area contributed by atoms with Crippen molar-refractivity contribution in [2.75, 3.05) is 18.6 Å². The van der Waals surface area contributed by atoms with E-state index in [1.165, 1.54) is 11.3 Å². The van der Waals surface area contributed by atoms with Gasteiger partial charge < -0.3 is 14.7 Å². The van der Waals surface area contributed by atoms with Crippen molar-refractivity contribution in [3.63, 3.8) is 0 Å². The number of anilines is 1. The zero-order valence-corrected chi connectivity index (χ0v) is 11.9. The summed E-state index contributed by atoms with van der Waals surface area (Å²) in [6.45, 7) is 6.56. The van der Waals surface area contributed by atoms with E-state index >= 15 is 0 Å². The minimum Gasteiger partial charge on any atom is -0.481 e. The average Bonchev–Trinajstić information content (AvgIpc) is 2.73. The maximum atomic E-state index is 10.9. The molecule has 1 rings (SSSR count). The van der Waals surface area contributed by atoms with Crippen LogP contribution in [0.5, 0.6) is 0 Å². The van der Waals surface area contributed by atoms with E-state index in [1.807, 2.05) is 18.7 Å². The number of nitrogens with zero attached hydrogens (tertiary/aromatic N) is 3. The third-order valence-electron chi connectivity index (χ3n) is 2.49. The molecule has 1 unspecified atom stereocenters. The van der Waals surface area contributed by atoms with Crippen molar-refractivity contribution in [3.05, 3.63) is 5.01 Å². The molecule has 0 aliphatic rings. The van der Waals surface area contributed by atoms with Gasteiger partial charge in [0.2, 0.25) is 5.13 Å². The quantitative estimate of drug-likeness (QED) is 0.813. The first-order valence-corrected chi connectivity index (χ1v) is 6.58. The lowest BCUT2D eigenvalue weighted by atomic mass is 10.1. The summed E-state index contributed by atoms with van der Waals surface area (Å²) in [7, 11) is 1.60. The van der Waals surface area contributed by atoms with E-state index < -0.39 is 11.9 Å². The van der Waals surface area contributed by atoms with Gasteiger partial charge in [0.05, 0.1) is 5.92 Å². The molecule has 102 valence electrons. The Morgan fingerprint density at radius 1 is 1.44 bits per heavy atom. The van der Waals surface area contributed by atoms with Crippen LogP contribution in [0.15, 0.2) is 0 Å². The van der Waals surface area contributed by atoms with Crippen molar-refractivity contribution >= 4 is 22.4 Å². The number of aliphatic carboxylic acids is 1. The lowest BCUT2D eigenvalue weighted by Gasteiger charge is -2.27. The SMILES string of the molecule is COCc1nnc(N(CC(C)C(=O)O)C(C)C)s1. The largest absolute Gasteiger partial charge is 0.481 e. The van der Waals surface area contributed by atoms with E-state index in [2.05, 4.69) is 10.2 Å². The molecule has 0 spiro atoms. The summed E-state index contributed by atoms with van der Waals surface area (Å²) in [4.78, 5) is 12.9. The van der Waals surface area contributed by atoms with Gasteiger partial charge in [-0.05, 0) is 13.8 Å². The number of methoxy groups -OCH3 is 1. The Kier molecular flexibility index (Phi) is 5.49. The summed E-state index contributed by atoms with van der Waals surface area (Å²) in [5.41, 5.74) is 0. The summed E-state index contributed by atoms with van der Waals surface area (Å²) >= 11 is 1.43. The van der Waals surface area contributed by atoms with Crippen LogP contribution in [0.25, 0.3) is 0 Å². The molecule has 1 N–H and O–H groups in total. The van der Waals surface area contributed by atoms with Crippen LogP contribution in [0.3, 0.4) is 0 Å². The lowest BCUT2D eigenvalue weighted by Crippen LogP contribution is -2.37. The molecule has 0 radical (unpaired) electrons. The van der Waals surface area contributed by atoms with Crippen LogP contribution in [0.4, 0.5) is 5.13 Å². The summed E-state index contributed by atoms with van der Waals surface area (Å²) < 4.78 is 5.00. The molecule has 1 aromatic rings. The van der Waals surface area contributed by atoms with Crippen LogP contribution in [-0.4, -0.2) is 41.0 Å². The number of aromatic nitrogens is 2. The maximum Gasteiger partial charge on any atom is 0.308 e. The van der Waals surface area contributed by atoms with Gasteiger partial charge in [-0.25, -0.2) is 0 Å². The first-order chi connectivity index (χ1) is 8.45. The third kappa shape index (κ3) is 3.92. The van der Waals surface area contributed by atoms with E-state index in [1.54, 1.807) is 14.0 Å². The Morgan fingerprint density at radius 2 is 2.11 bits per heavy atom. The standard InChI is InChI=1S/C11H19N3O3S/c1-7(2)14(5-8(3)10(15)16)11-13-12-9(18-11)6-17-4/h7-8H,5-6H2,1-4H3,(H,15,16). The maximum absolute atomic E-state index is 10.9. The predicted molar refractivity (Wildman–Crippen MR) is 69.9 cm³/mol. The molecule has 1 heterocycles. The second-order valence-corrected chi connectivity index (χ2v) is 5.44. The Balaban J connectivity index is 2.80. The highest BCUT2D eigenvalue weighted by Crippen LogP contribution is 2.23. The van der Waals surface area contributed by atoms with Gasteiger partial charge in [0, 0.05) is 19.7 Å². The van der Waals surface area contributed by atoms with Gasteiger partial charge >= 0.3 is 5.97 Å². The highest BCUT2D eigenvalue weighted by Gasteiger charge is 2.21. The molecule has 0 aliphatic heterocycles. The summed E-state index contributed by atoms with van der Waals surface area (Å²) in [6, 6.07) is 0.176. The number of ether oxygens (including phenoxy) is 1. The first kappa shape index (κ1) is 14.8. The molecule has 6 nitrogen and oxygen atoms in total. The van der Waals surface area contributed by atoms with E-state index in [9.17, 15) is 4.79 Å². The molecule has 0 aromatic carbocycles. The summed E-state index contributed by atoms with van der Waals surface area (Å²) in [5, 5.41) is 18.6. The number of hydrogen-bond donors (Lipinski definition) is 1. The van der Waals surface area contributed by atoms with Crippen LogP contribution in [-0.2, 0) is 16.1 Å². The first-order valence-electron chi connectivity index (χ1n) is 5.76. The van der Waals surface area contributed by atoms with Crippen molar-refractivity contribution in [1.82, 2.24) is 10.2 Å². The van der Waals surface area contributed by atoms with Crippen LogP contribution >= 0.6 is 11.3 Å². The highest BCUT2D eigenvalue weighted by molar-refractivity contribution is 7.15. The molecule has 0 fully saturated rings. The van der Waals surface area contributed by atoms with Gasteiger partial charge in [-0.15, -0.1) is 10.2 Å². The number of carboxylic acids is 1. The molecule has 18 heavy (non-hydrogen) atoms. The van der Waals surface area contributed by atoms with Crippen molar-refractivity contribution < 1.29 is 14.6 Å². The summed E-state index contributed by atoms with van der Waals surface area (Å²) in [5.74, 6) is -1.25. The van der Waals surface area contributed by atoms with Gasteiger partial charge in [-0.2, -0.15) is 0 Å². The fourth-order valence-electron chi connectivity index (χ4n) is 1.43. The molecule has 0 aliphatic carbocycles. The average molecular weight is 273 g/mol. The second-order valence-electron chi connectivity index (χ2n) is 4.40. The normalized spacial score (nSPS) is 12.7. The van der Waals surface area contributed by atoms with E-state index in [0.717, 1.165) is 10.1 Å². The molecule has 0 saturated heterocycles. The fraction of sp³-hybridized carbons (Fsp3) is 0.727. The Labute approximate surface area is 111 Å². The van der Waals surface area contributed by atoms with Gasteiger partial charge in [0.15, 0.2) is 0 Å². The van der Waals surface area contributed by atoms with Gasteiger partial charge in [-0.1, -0.05) is 18.3 Å². The zero-order valence-electron chi connectivity index (χ0n) is 11.1. The minimum absolute atomic E-state index is 0.176. The lowest BCUT2D eigenvalue weighted by molar-refractivity contribution is -0.140. The Morgan fingerprint density at radius 3 is 2.61 bits per heavy atom. The minimum atomic E-state index is -0.803. The second kappa shape index (κ2) is 6.65. The fourth-order valence-corrected chi connectivity index (χ4v) is 2.38. The summed E-state index contributed by atoms with van der Waals surface area (Å²) in [6.07, 6.45) is 0. The van der Waals surface area contributed by atoms with Gasteiger partial charge in [0.1, 0.15) is 11.6 Å². The third-order valence-corrected chi connectivity index (χ3v) is 3.42. The van der Waals surface area contributed by atoms with Crippen molar-refractivity contribution in [3.8, 4) is 0 Å². The zero-order chi connectivity index (χ0) is 13.7. The van der Waals surface area contributed by atoms with E-state index in [0.29, 0.717) is 13.2 Å². The van der Waals surface area contributed by atoms with Crippen LogP contribution in [0.2, 0.25) is 0 Å². The van der Waals surface area contributed by atoms with E-state index in [4.69, 9.17) is 9.84 Å². The van der Waals surface area contributed by atoms with Crippen LogP contribution in [0.1, 0.15) is 25.8 Å². The molecular formula is C11H19N3O3S. The predicted octanol–water partition coefficient (Wildman–Crippen LogP) is 1.62. The molecule has 0 amide bonds. The monoisotopic (exact) mass is 273 g/mol. The number of carboxylic acid groups (broad SMARTS) is 1. The number of rotatable bonds is 7. The van der Waals surface area contributed by atoms with Crippen molar-refractivity contribution in [2.45, 2.75) is 33.4 Å². The molecule has 1 atom stereocenters. The number of carbonyl (C=O) groups is 1. The van der Waals surface area contributed by atoms with Gasteiger partial charge in [-0.3, -0.25) is 4.79 Å². The number of hydrogen-bond acceptors (Lipinski definition) is 6. The van der Waals surface area contributed by atoms with Crippen LogP contribution < -0.4 is 4.90 Å². The molecular weight excluding hydrogens is 254 g/mol. The van der Waals surface area contributed by atoms with Gasteiger partial charge in [0.25, 0.3) is 0 Å². The van der Waals surface area contributed by atoms with Crippen molar-refractivity contribution in [1.29, 1.82) is 0 Å². The molecule has 0 saturated carbocycles. The van der Waals surface area contributed by atoms with Crippen LogP contribution in [0, 0.1) is 5.92 Å². The molecule has 1 aromatic heterocycles. The Bertz CT molecular complexity index is 395. The van der Waals surface area contributed by atoms with Crippen molar-refractivity contribution in [2.24, 2.45) is 5.92 Å². The topological polar surface area (TPSA) is 75.6 Å². The van der Waals surface area contributed by atoms with E-state index in [-0.39, 0.29) is 6.04 Å². The molecule has 7 heteroatoms. The Hall–Kier alpha value is -1.21.